The van der Waals surface area contributed by atoms with Gasteiger partial charge in [-0.3, -0.25) is 19.6 Å². The summed E-state index contributed by atoms with van der Waals surface area (Å²) in [5, 5.41) is 26.2. The molecule has 0 spiro atoms. The van der Waals surface area contributed by atoms with Gasteiger partial charge in [-0.15, -0.1) is 0 Å². The van der Waals surface area contributed by atoms with Gasteiger partial charge < -0.3 is 15.2 Å². The molecule has 0 aliphatic carbocycles. The number of carboxylic acids is 1. The van der Waals surface area contributed by atoms with Gasteiger partial charge in [0.15, 0.2) is 5.69 Å². The maximum atomic E-state index is 12.0. The highest BCUT2D eigenvalue weighted by Crippen LogP contribution is 2.29. The first-order valence-corrected chi connectivity index (χ1v) is 7.38. The molecule has 0 fully saturated rings. The third kappa shape index (κ3) is 4.77. The molecule has 1 amide bonds. The number of amides is 1. The van der Waals surface area contributed by atoms with Gasteiger partial charge in [0, 0.05) is 19.2 Å². The number of nitro benzene ring substituents is 1. The summed E-state index contributed by atoms with van der Waals surface area (Å²) >= 11 is 0. The molecule has 0 atom stereocenters. The summed E-state index contributed by atoms with van der Waals surface area (Å²) in [6.45, 7) is 2.27. The molecule has 1 heterocycles. The van der Waals surface area contributed by atoms with Crippen LogP contribution in [0.5, 0.6) is 5.75 Å². The van der Waals surface area contributed by atoms with E-state index in [1.165, 1.54) is 35.1 Å². The number of aromatic nitrogens is 2. The number of hydrogen-bond acceptors (Lipinski definition) is 6. The molecule has 2 rings (SSSR count). The minimum Gasteiger partial charge on any atom is -0.494 e. The van der Waals surface area contributed by atoms with E-state index in [-0.39, 0.29) is 30.0 Å². The van der Waals surface area contributed by atoms with E-state index in [4.69, 9.17) is 9.84 Å². The van der Waals surface area contributed by atoms with Gasteiger partial charge in [0.25, 0.3) is 5.69 Å². The van der Waals surface area contributed by atoms with E-state index in [9.17, 15) is 19.7 Å². The Morgan fingerprint density at radius 2 is 2.16 bits per heavy atom. The zero-order chi connectivity index (χ0) is 18.4. The lowest BCUT2D eigenvalue weighted by molar-refractivity contribution is -0.384. The van der Waals surface area contributed by atoms with Crippen LogP contribution in [0.2, 0.25) is 0 Å². The van der Waals surface area contributed by atoms with Crippen molar-refractivity contribution < 1.29 is 24.4 Å². The van der Waals surface area contributed by atoms with E-state index >= 15 is 0 Å². The first kappa shape index (κ1) is 17.9. The number of benzene rings is 1. The number of aromatic carboxylic acids is 1. The monoisotopic (exact) mass is 348 g/mol. The fraction of sp³-hybridized carbons (Fsp3) is 0.267. The lowest BCUT2D eigenvalue weighted by atomic mass is 10.2. The standard InChI is InChI=1S/C15H16N4O6/c1-2-25-10-3-4-11(13(9-10)19(23)24)16-14(20)6-8-18-7-5-12(17-18)15(21)22/h3-5,7,9H,2,6,8H2,1H3,(H,16,20)(H,21,22). The Bertz CT molecular complexity index is 801. The first-order chi connectivity index (χ1) is 11.9. The highest BCUT2D eigenvalue weighted by atomic mass is 16.6. The largest absolute Gasteiger partial charge is 0.494 e. The van der Waals surface area contributed by atoms with E-state index in [0.717, 1.165) is 0 Å². The smallest absolute Gasteiger partial charge is 0.356 e. The second-order valence-corrected chi connectivity index (χ2v) is 4.94. The molecule has 0 saturated heterocycles. The molecule has 0 aliphatic heterocycles. The molecule has 2 aromatic rings. The van der Waals surface area contributed by atoms with Crippen molar-refractivity contribution in [3.05, 3.63) is 46.3 Å². The molecule has 0 bridgehead atoms. The Morgan fingerprint density at radius 3 is 2.76 bits per heavy atom. The summed E-state index contributed by atoms with van der Waals surface area (Å²) in [6.07, 6.45) is 1.42. The van der Waals surface area contributed by atoms with E-state index in [0.29, 0.717) is 12.4 Å². The molecule has 0 saturated carbocycles. The molecule has 1 aromatic heterocycles. The van der Waals surface area contributed by atoms with Crippen molar-refractivity contribution in [2.75, 3.05) is 11.9 Å². The molecule has 2 N–H and O–H groups in total. The van der Waals surface area contributed by atoms with Crippen LogP contribution in [-0.2, 0) is 11.3 Å². The Labute approximate surface area is 142 Å². The van der Waals surface area contributed by atoms with Gasteiger partial charge in [0.05, 0.1) is 17.6 Å². The van der Waals surface area contributed by atoms with Crippen LogP contribution >= 0.6 is 0 Å². The molecule has 10 heteroatoms. The maximum absolute atomic E-state index is 12.0. The Hall–Kier alpha value is -3.43. The van der Waals surface area contributed by atoms with Crippen molar-refractivity contribution in [2.24, 2.45) is 0 Å². The van der Waals surface area contributed by atoms with Crippen LogP contribution in [0.1, 0.15) is 23.8 Å². The minimum atomic E-state index is -1.16. The topological polar surface area (TPSA) is 137 Å². The van der Waals surface area contributed by atoms with Crippen molar-refractivity contribution >= 4 is 23.3 Å². The second-order valence-electron chi connectivity index (χ2n) is 4.94. The highest BCUT2D eigenvalue weighted by Gasteiger charge is 2.17. The molecule has 1 aromatic carbocycles. The Morgan fingerprint density at radius 1 is 1.40 bits per heavy atom. The van der Waals surface area contributed by atoms with Crippen LogP contribution in [0, 0.1) is 10.1 Å². The molecule has 0 aliphatic rings. The van der Waals surface area contributed by atoms with Crippen molar-refractivity contribution in [3.8, 4) is 5.75 Å². The third-order valence-electron chi connectivity index (χ3n) is 3.18. The predicted molar refractivity (Wildman–Crippen MR) is 86.7 cm³/mol. The van der Waals surface area contributed by atoms with Crippen LogP contribution in [0.25, 0.3) is 0 Å². The Kier molecular flexibility index (Phi) is 5.66. The van der Waals surface area contributed by atoms with Crippen LogP contribution in [0.4, 0.5) is 11.4 Å². The lowest BCUT2D eigenvalue weighted by Gasteiger charge is -2.08. The average molecular weight is 348 g/mol. The quantitative estimate of drug-likeness (QED) is 0.549. The summed E-state index contributed by atoms with van der Waals surface area (Å²) < 4.78 is 6.52. The van der Waals surface area contributed by atoms with Crippen LogP contribution < -0.4 is 10.1 Å². The second kappa shape index (κ2) is 7.90. The highest BCUT2D eigenvalue weighted by molar-refractivity contribution is 5.93. The summed E-state index contributed by atoms with van der Waals surface area (Å²) in [5.74, 6) is -1.28. The molecule has 0 unspecified atom stereocenters. The lowest BCUT2D eigenvalue weighted by Crippen LogP contribution is -2.16. The fourth-order valence-corrected chi connectivity index (χ4v) is 2.05. The van der Waals surface area contributed by atoms with E-state index in [2.05, 4.69) is 10.4 Å². The SMILES string of the molecule is CCOc1ccc(NC(=O)CCn2ccc(C(=O)O)n2)c([N+](=O)[O-])c1. The number of rotatable bonds is 8. The van der Waals surface area contributed by atoms with Crippen molar-refractivity contribution in [2.45, 2.75) is 19.9 Å². The van der Waals surface area contributed by atoms with E-state index in [1.807, 2.05) is 0 Å². The molecule has 25 heavy (non-hydrogen) atoms. The third-order valence-corrected chi connectivity index (χ3v) is 3.18. The van der Waals surface area contributed by atoms with Gasteiger partial charge in [-0.2, -0.15) is 5.10 Å². The van der Waals surface area contributed by atoms with Crippen LogP contribution in [0.15, 0.2) is 30.5 Å². The zero-order valence-electron chi connectivity index (χ0n) is 13.3. The number of carbonyl (C=O) groups excluding carboxylic acids is 1. The zero-order valence-corrected chi connectivity index (χ0v) is 13.3. The summed E-state index contributed by atoms with van der Waals surface area (Å²) in [6, 6.07) is 5.49. The molecule has 132 valence electrons. The number of nitrogens with zero attached hydrogens (tertiary/aromatic N) is 3. The number of carbonyl (C=O) groups is 2. The van der Waals surface area contributed by atoms with Gasteiger partial charge in [0.1, 0.15) is 11.4 Å². The van der Waals surface area contributed by atoms with Gasteiger partial charge >= 0.3 is 5.97 Å². The van der Waals surface area contributed by atoms with E-state index < -0.39 is 16.8 Å². The van der Waals surface area contributed by atoms with Gasteiger partial charge in [-0.25, -0.2) is 4.79 Å². The summed E-state index contributed by atoms with van der Waals surface area (Å²) in [7, 11) is 0. The Balaban J connectivity index is 2.01. The predicted octanol–water partition coefficient (Wildman–Crippen LogP) is 1.92. The maximum Gasteiger partial charge on any atom is 0.356 e. The first-order valence-electron chi connectivity index (χ1n) is 7.38. The van der Waals surface area contributed by atoms with Crippen molar-refractivity contribution in [3.63, 3.8) is 0 Å². The number of anilines is 1. The van der Waals surface area contributed by atoms with Gasteiger partial charge in [-0.05, 0) is 25.1 Å². The van der Waals surface area contributed by atoms with Gasteiger partial charge in [-0.1, -0.05) is 0 Å². The molecule has 10 nitrogen and oxygen atoms in total. The van der Waals surface area contributed by atoms with Crippen LogP contribution in [-0.4, -0.2) is 38.3 Å². The minimum absolute atomic E-state index is 0.0227. The van der Waals surface area contributed by atoms with Gasteiger partial charge in [0.2, 0.25) is 5.91 Å². The summed E-state index contributed by atoms with van der Waals surface area (Å²) in [5.41, 5.74) is -0.334. The number of nitrogens with one attached hydrogen (secondary N) is 1. The normalized spacial score (nSPS) is 10.3. The number of ether oxygens (including phenoxy) is 1. The number of nitro groups is 1. The molecular formula is C15H16N4O6. The number of hydrogen-bond donors (Lipinski definition) is 2. The van der Waals surface area contributed by atoms with E-state index in [1.54, 1.807) is 6.92 Å². The van der Waals surface area contributed by atoms with Crippen LogP contribution in [0.3, 0.4) is 0 Å². The molecule has 0 radical (unpaired) electrons. The average Bonchev–Trinajstić information content (AvgIpc) is 3.04. The number of carboxylic acid groups (broad SMARTS) is 1. The van der Waals surface area contributed by atoms with Crippen molar-refractivity contribution in [1.82, 2.24) is 9.78 Å². The summed E-state index contributed by atoms with van der Waals surface area (Å²) in [4.78, 5) is 33.3. The van der Waals surface area contributed by atoms with Crippen molar-refractivity contribution in [1.29, 1.82) is 0 Å². The molecular weight excluding hydrogens is 332 g/mol. The fourth-order valence-electron chi connectivity index (χ4n) is 2.05. The number of aryl methyl sites for hydroxylation is 1.